The number of likely N-dealkylation sites (tertiary alicyclic amines) is 1. The van der Waals surface area contributed by atoms with Crippen molar-refractivity contribution >= 4 is 81.4 Å². The number of nitrogens with two attached hydrogens (primary N) is 2. The van der Waals surface area contributed by atoms with E-state index in [2.05, 4.69) is 46.2 Å². The molecule has 4 heterocycles. The minimum absolute atomic E-state index is 0.0301. The number of carbonyl (C=O) groups is 7. The Balaban J connectivity index is 0.857. The largest absolute Gasteiger partial charge is 0.481 e. The maximum atomic E-state index is 14.0. The molecule has 6 rings (SSSR count). The van der Waals surface area contributed by atoms with Crippen LogP contribution in [-0.2, 0) is 51.3 Å². The quantitative estimate of drug-likeness (QED) is 0.0287. The molecular weight excluding hydrogens is 1070 g/mol. The first-order valence-corrected chi connectivity index (χ1v) is 27.7. The molecule has 4 atom stereocenters. The number of anilines is 3. The summed E-state index contributed by atoms with van der Waals surface area (Å²) in [7, 11) is 0. The Labute approximate surface area is 473 Å². The van der Waals surface area contributed by atoms with Gasteiger partial charge in [-0.15, -0.1) is 11.3 Å². The Hall–Kier alpha value is -7.94. The Morgan fingerprint density at radius 1 is 0.827 bits per heavy atom. The van der Waals surface area contributed by atoms with Gasteiger partial charge in [0.2, 0.25) is 29.6 Å². The Morgan fingerprint density at radius 3 is 2.17 bits per heavy atom. The number of amides is 5. The van der Waals surface area contributed by atoms with Gasteiger partial charge in [-0.25, -0.2) is 19.7 Å². The number of carbonyl (C=O) groups excluding carboxylic acids is 5. The van der Waals surface area contributed by atoms with E-state index >= 15 is 0 Å². The van der Waals surface area contributed by atoms with E-state index in [1.54, 1.807) is 47.3 Å². The van der Waals surface area contributed by atoms with Crippen molar-refractivity contribution in [3.05, 3.63) is 82.8 Å². The molecule has 0 bridgehead atoms. The molecule has 3 aromatic heterocycles. The Morgan fingerprint density at radius 2 is 1.52 bits per heavy atom. The predicted molar refractivity (Wildman–Crippen MR) is 301 cm³/mol. The summed E-state index contributed by atoms with van der Waals surface area (Å²) >= 11 is 1.56. The van der Waals surface area contributed by atoms with E-state index < -0.39 is 71.6 Å². The molecule has 26 heteroatoms. The minimum Gasteiger partial charge on any atom is -0.481 e. The molecule has 0 spiro atoms. The van der Waals surface area contributed by atoms with Crippen LogP contribution in [0.15, 0.2) is 60.2 Å². The number of aromatic nitrogens is 5. The molecule has 1 saturated heterocycles. The fraction of sp³-hybridized carbons (Fsp3) is 0.491. The number of unbranched alkanes of at least 4 members (excludes halogenated alkanes) is 3. The lowest BCUT2D eigenvalue weighted by molar-refractivity contribution is -0.144. The summed E-state index contributed by atoms with van der Waals surface area (Å²) in [6, 6.07) is 11.1. The van der Waals surface area contributed by atoms with E-state index in [1.165, 1.54) is 4.90 Å². The Bertz CT molecular complexity index is 2960. The lowest BCUT2D eigenvalue weighted by Crippen LogP contribution is -2.57. The zero-order valence-electron chi connectivity index (χ0n) is 46.0. The van der Waals surface area contributed by atoms with Crippen LogP contribution in [-0.4, -0.2) is 157 Å². The second-order valence-corrected chi connectivity index (χ2v) is 21.6. The third kappa shape index (κ3) is 19.1. The van der Waals surface area contributed by atoms with Crippen LogP contribution in [0, 0.1) is 12.3 Å². The average molecular weight is 1140 g/mol. The van der Waals surface area contributed by atoms with Gasteiger partial charge in [0.1, 0.15) is 18.1 Å². The van der Waals surface area contributed by atoms with Crippen LogP contribution in [0.25, 0.3) is 21.6 Å². The van der Waals surface area contributed by atoms with E-state index in [0.29, 0.717) is 30.8 Å². The summed E-state index contributed by atoms with van der Waals surface area (Å²) in [4.78, 5) is 115. The van der Waals surface area contributed by atoms with Gasteiger partial charge in [-0.05, 0) is 67.0 Å². The standard InChI is InChI=1S/C55H73N13O12S/c1-33-46(81-32-61-33)35-11-9-34(10-12-35)28-60-51(75)41-27-39(69)31-68(41)52(76)47(55(2,3)4)64-43(71)20-24-80-26-25-79-23-19-42(70)58-21-7-5-6-8-22-67(30-37-29-59-49-45(62-37)48(56)65-54(57)66-49)38-15-13-36(14-16-38)50(74)63-40(53(77)78)17-18-44(72)73/h9-16,29,32,39-41,47,69H,5-8,17-28,30-31H2,1-4H3,(H,58,70)(H,60,75)(H,63,74)(H,64,71)(H,72,73)(H,77,78)(H4,56,57,59,65,66)/t39-,40+,41+,47?/m1/s1. The third-order valence-electron chi connectivity index (χ3n) is 13.3. The molecule has 1 aliphatic rings. The van der Waals surface area contributed by atoms with Crippen molar-refractivity contribution in [2.75, 3.05) is 62.4 Å². The number of thiazole rings is 1. The zero-order chi connectivity index (χ0) is 58.6. The summed E-state index contributed by atoms with van der Waals surface area (Å²) in [5.74, 6) is -4.56. The van der Waals surface area contributed by atoms with Crippen molar-refractivity contribution in [2.45, 2.75) is 123 Å². The molecule has 2 aromatic carbocycles. The normalized spacial score (nSPS) is 15.0. The first-order valence-electron chi connectivity index (χ1n) is 26.8. The van der Waals surface area contributed by atoms with E-state index in [1.807, 2.05) is 56.9 Å². The number of benzene rings is 2. The number of nitrogens with one attached hydrogen (secondary N) is 4. The molecule has 5 aromatic rings. The lowest BCUT2D eigenvalue weighted by atomic mass is 9.85. The average Bonchev–Trinajstić information content (AvgIpc) is 4.08. The number of aliphatic carboxylic acids is 2. The van der Waals surface area contributed by atoms with Crippen molar-refractivity contribution in [3.63, 3.8) is 0 Å². The van der Waals surface area contributed by atoms with Crippen LogP contribution in [0.1, 0.15) is 106 Å². The van der Waals surface area contributed by atoms with Crippen LogP contribution < -0.4 is 37.6 Å². The van der Waals surface area contributed by atoms with Crippen molar-refractivity contribution in [3.8, 4) is 10.4 Å². The molecule has 1 fully saturated rings. The fourth-order valence-electron chi connectivity index (χ4n) is 8.91. The number of aryl methyl sites for hydroxylation is 1. The van der Waals surface area contributed by atoms with Gasteiger partial charge in [-0.2, -0.15) is 9.97 Å². The predicted octanol–water partition coefficient (Wildman–Crippen LogP) is 3.37. The van der Waals surface area contributed by atoms with Crippen LogP contribution in [0.4, 0.5) is 17.5 Å². The van der Waals surface area contributed by atoms with Gasteiger partial charge in [0.15, 0.2) is 17.0 Å². The third-order valence-corrected chi connectivity index (χ3v) is 14.3. The first kappa shape index (κ1) is 62.3. The maximum absolute atomic E-state index is 14.0. The topological polar surface area (TPSA) is 370 Å². The number of carboxylic acid groups (broad SMARTS) is 2. The van der Waals surface area contributed by atoms with Crippen LogP contribution >= 0.6 is 11.3 Å². The monoisotopic (exact) mass is 1140 g/mol. The van der Waals surface area contributed by atoms with Crippen molar-refractivity contribution in [1.82, 2.24) is 51.1 Å². The number of nitrogens with zero attached hydrogens (tertiary/aromatic N) is 7. The molecule has 11 N–H and O–H groups in total. The van der Waals surface area contributed by atoms with E-state index in [9.17, 15) is 43.8 Å². The summed E-state index contributed by atoms with van der Waals surface area (Å²) in [6.45, 7) is 9.53. The second kappa shape index (κ2) is 30.0. The highest BCUT2D eigenvalue weighted by molar-refractivity contribution is 7.13. The van der Waals surface area contributed by atoms with Gasteiger partial charge in [0.05, 0.1) is 67.0 Å². The number of hydrogen-bond acceptors (Lipinski definition) is 19. The molecule has 25 nitrogen and oxygen atoms in total. The van der Waals surface area contributed by atoms with Gasteiger partial charge in [-0.3, -0.25) is 28.8 Å². The van der Waals surface area contributed by atoms with Gasteiger partial charge < -0.3 is 67.3 Å². The fourth-order valence-corrected chi connectivity index (χ4v) is 9.72. The highest BCUT2D eigenvalue weighted by Crippen LogP contribution is 2.29. The van der Waals surface area contributed by atoms with E-state index in [-0.39, 0.29) is 94.1 Å². The number of carboxylic acids is 2. The minimum atomic E-state index is -1.37. The number of fused-ring (bicyclic) bond motifs is 1. The SMILES string of the molecule is Cc1ncsc1-c1ccc(CNC(=O)[C@@H]2C[C@@H](O)CN2C(=O)C(NC(=O)CCOCCOCCC(=O)NCCCCCCN(Cc2cnc3nc(N)nc(N)c3n2)c2ccc(C(=O)N[C@@H](CCC(=O)O)C(=O)O)cc2)C(C)(C)C)cc1. The molecule has 1 aliphatic heterocycles. The highest BCUT2D eigenvalue weighted by atomic mass is 32.1. The summed E-state index contributed by atoms with van der Waals surface area (Å²) < 4.78 is 11.2. The Kier molecular flexibility index (Phi) is 23.1. The number of aliphatic hydroxyl groups is 1. The number of hydrogen-bond donors (Lipinski definition) is 9. The maximum Gasteiger partial charge on any atom is 0.326 e. The van der Waals surface area contributed by atoms with Crippen molar-refractivity contribution < 1.29 is 58.4 Å². The lowest BCUT2D eigenvalue weighted by Gasteiger charge is -2.35. The second-order valence-electron chi connectivity index (χ2n) is 20.7. The summed E-state index contributed by atoms with van der Waals surface area (Å²) in [6.07, 6.45) is 3.27. The summed E-state index contributed by atoms with van der Waals surface area (Å²) in [5.41, 5.74) is 17.7. The molecule has 436 valence electrons. The summed E-state index contributed by atoms with van der Waals surface area (Å²) in [5, 5.41) is 40.1. The van der Waals surface area contributed by atoms with Gasteiger partial charge in [0, 0.05) is 63.1 Å². The number of rotatable bonds is 31. The first-order chi connectivity index (χ1) is 38.7. The number of nitrogen functional groups attached to an aromatic ring is 2. The van der Waals surface area contributed by atoms with Crippen LogP contribution in [0.2, 0.25) is 0 Å². The van der Waals surface area contributed by atoms with Crippen LogP contribution in [0.5, 0.6) is 0 Å². The molecular formula is C55H73N13O12S. The smallest absolute Gasteiger partial charge is 0.326 e. The molecule has 81 heavy (non-hydrogen) atoms. The van der Waals surface area contributed by atoms with E-state index in [4.69, 9.17) is 26.0 Å². The van der Waals surface area contributed by atoms with Gasteiger partial charge >= 0.3 is 11.9 Å². The molecule has 1 unspecified atom stereocenters. The van der Waals surface area contributed by atoms with Gasteiger partial charge in [0.25, 0.3) is 5.91 Å². The zero-order valence-corrected chi connectivity index (χ0v) is 46.8. The van der Waals surface area contributed by atoms with E-state index in [0.717, 1.165) is 53.1 Å². The van der Waals surface area contributed by atoms with Gasteiger partial charge in [-0.1, -0.05) is 57.9 Å². The number of ether oxygens (including phenoxy) is 2. The molecule has 0 radical (unpaired) electrons. The highest BCUT2D eigenvalue weighted by Gasteiger charge is 2.44. The molecule has 5 amide bonds. The van der Waals surface area contributed by atoms with Crippen LogP contribution in [0.3, 0.4) is 0 Å². The van der Waals surface area contributed by atoms with Crippen molar-refractivity contribution in [2.24, 2.45) is 5.41 Å². The molecule has 0 aliphatic carbocycles. The van der Waals surface area contributed by atoms with Crippen molar-refractivity contribution in [1.29, 1.82) is 0 Å². The number of aliphatic hydroxyl groups excluding tert-OH is 1. The number of β-amino-alcohol motifs (C(OH)–C–C–N with tert-alkyl or cyclic N) is 1. The molecule has 0 saturated carbocycles.